The van der Waals surface area contributed by atoms with Crippen molar-refractivity contribution in [3.8, 4) is 0 Å². The lowest BCUT2D eigenvalue weighted by molar-refractivity contribution is -0.215. The number of nitrogens with zero attached hydrogens (tertiary/aromatic N) is 2. The fraction of sp³-hybridized carbons (Fsp3) is 0.857. The summed E-state index contributed by atoms with van der Waals surface area (Å²) in [5, 5.41) is 0. The van der Waals surface area contributed by atoms with Gasteiger partial charge in [-0.15, -0.1) is 0 Å². The van der Waals surface area contributed by atoms with Crippen molar-refractivity contribution in [2.45, 2.75) is 69.2 Å². The maximum absolute atomic E-state index is 13.4. The lowest BCUT2D eigenvalue weighted by Crippen LogP contribution is -2.70. The standard InChI is InChI=1S/C14H19F3N2O2/c1-2-9-11(20)18-8-4-3-5-10(18)12(21)19(9)13(6-7-13)14(15,16)17/h9-10H,2-8H2,1H3. The zero-order chi connectivity index (χ0) is 15.4. The second-order valence-electron chi connectivity index (χ2n) is 6.20. The molecule has 0 bridgehead atoms. The third-order valence-corrected chi connectivity index (χ3v) is 5.00. The van der Waals surface area contributed by atoms with Crippen LogP contribution in [0.2, 0.25) is 0 Å². The van der Waals surface area contributed by atoms with Gasteiger partial charge in [0.05, 0.1) is 0 Å². The van der Waals surface area contributed by atoms with E-state index in [0.717, 1.165) is 17.7 Å². The van der Waals surface area contributed by atoms with Gasteiger partial charge in [-0.2, -0.15) is 13.2 Å². The van der Waals surface area contributed by atoms with E-state index >= 15 is 0 Å². The normalized spacial score (nSPS) is 32.2. The first-order valence-electron chi connectivity index (χ1n) is 7.54. The summed E-state index contributed by atoms with van der Waals surface area (Å²) in [4.78, 5) is 27.5. The van der Waals surface area contributed by atoms with Crippen LogP contribution in [-0.2, 0) is 9.59 Å². The number of halogens is 3. The van der Waals surface area contributed by atoms with Crippen LogP contribution in [0.3, 0.4) is 0 Å². The summed E-state index contributed by atoms with van der Waals surface area (Å²) in [5.74, 6) is -0.812. The number of carbonyl (C=O) groups excluding carboxylic acids is 2. The van der Waals surface area contributed by atoms with Crippen molar-refractivity contribution in [3.05, 3.63) is 0 Å². The summed E-state index contributed by atoms with van der Waals surface area (Å²) >= 11 is 0. The van der Waals surface area contributed by atoms with Crippen molar-refractivity contribution in [1.29, 1.82) is 0 Å². The van der Waals surface area contributed by atoms with Crippen LogP contribution >= 0.6 is 0 Å². The number of carbonyl (C=O) groups is 2. The topological polar surface area (TPSA) is 40.6 Å². The predicted octanol–water partition coefficient (Wildman–Crippen LogP) is 2.08. The SMILES string of the molecule is CCC1C(=O)N2CCCCC2C(=O)N1C1(C(F)(F)F)CC1. The fourth-order valence-electron chi connectivity index (χ4n) is 3.71. The second kappa shape index (κ2) is 4.61. The van der Waals surface area contributed by atoms with Crippen LogP contribution in [0.15, 0.2) is 0 Å². The highest BCUT2D eigenvalue weighted by molar-refractivity contribution is 5.98. The maximum Gasteiger partial charge on any atom is 0.411 e. The van der Waals surface area contributed by atoms with Gasteiger partial charge in [0.25, 0.3) is 0 Å². The molecule has 0 aromatic heterocycles. The summed E-state index contributed by atoms with van der Waals surface area (Å²) in [6.07, 6.45) is -2.33. The molecule has 4 nitrogen and oxygen atoms in total. The van der Waals surface area contributed by atoms with Crippen LogP contribution in [0.5, 0.6) is 0 Å². The van der Waals surface area contributed by atoms with E-state index in [1.807, 2.05) is 0 Å². The molecule has 7 heteroatoms. The van der Waals surface area contributed by atoms with E-state index in [2.05, 4.69) is 0 Å². The summed E-state index contributed by atoms with van der Waals surface area (Å²) in [7, 11) is 0. The Morgan fingerprint density at radius 1 is 1.19 bits per heavy atom. The Kier molecular flexibility index (Phi) is 3.22. The number of piperidine rings is 1. The zero-order valence-electron chi connectivity index (χ0n) is 11.9. The van der Waals surface area contributed by atoms with Gasteiger partial charge in [-0.1, -0.05) is 6.92 Å². The van der Waals surface area contributed by atoms with Gasteiger partial charge in [0.1, 0.15) is 17.6 Å². The molecule has 2 saturated heterocycles. The Bertz CT molecular complexity index is 473. The number of hydrogen-bond donors (Lipinski definition) is 0. The average molecular weight is 304 g/mol. The lowest BCUT2D eigenvalue weighted by Gasteiger charge is -2.50. The molecule has 2 amide bonds. The van der Waals surface area contributed by atoms with Crippen molar-refractivity contribution in [3.63, 3.8) is 0 Å². The molecule has 3 rings (SSSR count). The highest BCUT2D eigenvalue weighted by Gasteiger charge is 2.71. The summed E-state index contributed by atoms with van der Waals surface area (Å²) in [6.45, 7) is 2.15. The van der Waals surface area contributed by atoms with E-state index in [0.29, 0.717) is 13.0 Å². The van der Waals surface area contributed by atoms with Gasteiger partial charge in [0.15, 0.2) is 0 Å². The molecule has 21 heavy (non-hydrogen) atoms. The van der Waals surface area contributed by atoms with Gasteiger partial charge >= 0.3 is 6.18 Å². The van der Waals surface area contributed by atoms with Crippen molar-refractivity contribution >= 4 is 11.8 Å². The van der Waals surface area contributed by atoms with Crippen LogP contribution in [0.1, 0.15) is 45.4 Å². The zero-order valence-corrected chi connectivity index (χ0v) is 11.9. The predicted molar refractivity (Wildman–Crippen MR) is 68.3 cm³/mol. The molecule has 118 valence electrons. The molecule has 2 atom stereocenters. The third-order valence-electron chi connectivity index (χ3n) is 5.00. The Hall–Kier alpha value is -1.27. The second-order valence-corrected chi connectivity index (χ2v) is 6.20. The molecule has 0 N–H and O–H groups in total. The number of alkyl halides is 3. The molecule has 2 heterocycles. The van der Waals surface area contributed by atoms with Crippen LogP contribution in [0.25, 0.3) is 0 Å². The molecule has 3 aliphatic rings. The minimum Gasteiger partial charge on any atom is -0.329 e. The van der Waals surface area contributed by atoms with Gasteiger partial charge in [0, 0.05) is 6.54 Å². The average Bonchev–Trinajstić information content (AvgIpc) is 3.23. The Morgan fingerprint density at radius 2 is 1.86 bits per heavy atom. The first-order chi connectivity index (χ1) is 9.83. The van der Waals surface area contributed by atoms with Gasteiger partial charge in [0.2, 0.25) is 11.8 Å². The van der Waals surface area contributed by atoms with Crippen molar-refractivity contribution in [2.24, 2.45) is 0 Å². The lowest BCUT2D eigenvalue weighted by atomic mass is 9.92. The molecule has 3 fully saturated rings. The van der Waals surface area contributed by atoms with Gasteiger partial charge in [-0.05, 0) is 38.5 Å². The molecular formula is C14H19F3N2O2. The monoisotopic (exact) mass is 304 g/mol. The largest absolute Gasteiger partial charge is 0.411 e. The number of fused-ring (bicyclic) bond motifs is 1. The quantitative estimate of drug-likeness (QED) is 0.784. The van der Waals surface area contributed by atoms with E-state index < -0.39 is 29.7 Å². The van der Waals surface area contributed by atoms with E-state index in [1.165, 1.54) is 4.90 Å². The summed E-state index contributed by atoms with van der Waals surface area (Å²) < 4.78 is 40.2. The van der Waals surface area contributed by atoms with E-state index in [-0.39, 0.29) is 25.2 Å². The maximum atomic E-state index is 13.4. The minimum atomic E-state index is -4.47. The molecular weight excluding hydrogens is 285 g/mol. The van der Waals surface area contributed by atoms with Crippen LogP contribution < -0.4 is 0 Å². The Morgan fingerprint density at radius 3 is 2.38 bits per heavy atom. The van der Waals surface area contributed by atoms with Crippen LogP contribution in [0.4, 0.5) is 13.2 Å². The Balaban J connectivity index is 1.99. The molecule has 2 aliphatic heterocycles. The van der Waals surface area contributed by atoms with E-state index in [1.54, 1.807) is 6.92 Å². The molecule has 0 radical (unpaired) electrons. The summed E-state index contributed by atoms with van der Waals surface area (Å²) in [5.41, 5.74) is -2.09. The van der Waals surface area contributed by atoms with E-state index in [9.17, 15) is 22.8 Å². The third kappa shape index (κ3) is 1.96. The minimum absolute atomic E-state index is 0.0846. The number of rotatable bonds is 2. The van der Waals surface area contributed by atoms with Crippen LogP contribution in [-0.4, -0.2) is 52.0 Å². The first-order valence-corrected chi connectivity index (χ1v) is 7.54. The molecule has 2 unspecified atom stereocenters. The van der Waals surface area contributed by atoms with Gasteiger partial charge in [-0.3, -0.25) is 9.59 Å². The van der Waals surface area contributed by atoms with Gasteiger partial charge in [-0.25, -0.2) is 0 Å². The van der Waals surface area contributed by atoms with Crippen molar-refractivity contribution < 1.29 is 22.8 Å². The molecule has 1 saturated carbocycles. The fourth-order valence-corrected chi connectivity index (χ4v) is 3.71. The van der Waals surface area contributed by atoms with Gasteiger partial charge < -0.3 is 9.80 Å². The highest BCUT2D eigenvalue weighted by Crippen LogP contribution is 2.55. The number of amides is 2. The first kappa shape index (κ1) is 14.7. The van der Waals surface area contributed by atoms with Crippen molar-refractivity contribution in [1.82, 2.24) is 9.80 Å². The molecule has 1 aliphatic carbocycles. The van der Waals surface area contributed by atoms with Crippen molar-refractivity contribution in [2.75, 3.05) is 6.54 Å². The van der Waals surface area contributed by atoms with Crippen LogP contribution in [0, 0.1) is 0 Å². The Labute approximate surface area is 121 Å². The summed E-state index contributed by atoms with van der Waals surface area (Å²) in [6, 6.07) is -1.65. The van der Waals surface area contributed by atoms with E-state index in [4.69, 9.17) is 0 Å². The molecule has 0 spiro atoms. The number of hydrogen-bond acceptors (Lipinski definition) is 2. The number of piperazine rings is 1. The molecule has 0 aromatic rings. The highest BCUT2D eigenvalue weighted by atomic mass is 19.4. The molecule has 0 aromatic carbocycles. The smallest absolute Gasteiger partial charge is 0.329 e.